The first-order valence-electron chi connectivity index (χ1n) is 12.3. The highest BCUT2D eigenvalue weighted by Crippen LogP contribution is 2.47. The SMILES string of the molecule is C=C(C)C(=O)N(Cc1cc(F)cc(F)c1)Cc1cnc2cc3c(cc2c1)CC1(C3)C(=O)Nc2ncccc21. The lowest BCUT2D eigenvalue weighted by Gasteiger charge is -2.23. The molecule has 0 bridgehead atoms. The number of aromatic nitrogens is 2. The van der Waals surface area contributed by atoms with Gasteiger partial charge in [0.25, 0.3) is 0 Å². The average molecular weight is 511 g/mol. The molecule has 3 heterocycles. The highest BCUT2D eigenvalue weighted by Gasteiger charge is 2.51. The predicted octanol–water partition coefficient (Wildman–Crippen LogP) is 5.00. The maximum absolute atomic E-state index is 13.8. The topological polar surface area (TPSA) is 75.2 Å². The van der Waals surface area contributed by atoms with Crippen molar-refractivity contribution in [1.82, 2.24) is 14.9 Å². The van der Waals surface area contributed by atoms with Crippen molar-refractivity contribution in [2.75, 3.05) is 5.32 Å². The third-order valence-corrected chi connectivity index (χ3v) is 7.36. The zero-order chi connectivity index (χ0) is 26.6. The van der Waals surface area contributed by atoms with E-state index in [-0.39, 0.29) is 24.9 Å². The van der Waals surface area contributed by atoms with E-state index in [1.807, 2.05) is 24.3 Å². The van der Waals surface area contributed by atoms with Gasteiger partial charge in [-0.2, -0.15) is 0 Å². The van der Waals surface area contributed by atoms with Crippen LogP contribution in [0.4, 0.5) is 14.6 Å². The van der Waals surface area contributed by atoms with Gasteiger partial charge in [-0.15, -0.1) is 0 Å². The summed E-state index contributed by atoms with van der Waals surface area (Å²) >= 11 is 0. The van der Waals surface area contributed by atoms with Gasteiger partial charge < -0.3 is 10.2 Å². The molecule has 2 aromatic heterocycles. The summed E-state index contributed by atoms with van der Waals surface area (Å²) in [5, 5.41) is 3.82. The van der Waals surface area contributed by atoms with Crippen molar-refractivity contribution < 1.29 is 18.4 Å². The molecule has 0 fully saturated rings. The fourth-order valence-corrected chi connectivity index (χ4v) is 5.64. The van der Waals surface area contributed by atoms with Crippen LogP contribution in [0.15, 0.2) is 73.1 Å². The molecule has 1 aliphatic heterocycles. The van der Waals surface area contributed by atoms with Gasteiger partial charge in [0, 0.05) is 48.1 Å². The second-order valence-electron chi connectivity index (χ2n) is 10.2. The number of hydrogen-bond acceptors (Lipinski definition) is 4. The molecule has 0 saturated heterocycles. The van der Waals surface area contributed by atoms with Gasteiger partial charge in [-0.05, 0) is 78.4 Å². The minimum atomic E-state index is -0.698. The standard InChI is InChI=1S/C30H24F2N4O2/c1-17(2)28(37)36(15-18-7-23(31)11-24(32)8-18)16-19-6-20-9-21-12-30(13-22(21)10-26(20)34-14-19)25-4-3-5-33-27(25)35-29(30)38/h3-11,14H,1,12-13,15-16H2,2H3,(H,33,35,38). The van der Waals surface area contributed by atoms with E-state index in [4.69, 9.17) is 0 Å². The Balaban J connectivity index is 1.31. The Hall–Kier alpha value is -4.46. The molecule has 0 saturated carbocycles. The van der Waals surface area contributed by atoms with Crippen molar-refractivity contribution in [1.29, 1.82) is 0 Å². The zero-order valence-electron chi connectivity index (χ0n) is 20.7. The minimum Gasteiger partial charge on any atom is -0.330 e. The van der Waals surface area contributed by atoms with E-state index in [0.29, 0.717) is 29.8 Å². The Labute approximate surface area is 218 Å². The summed E-state index contributed by atoms with van der Waals surface area (Å²) in [6.45, 7) is 5.56. The van der Waals surface area contributed by atoms with E-state index in [0.717, 1.165) is 39.2 Å². The van der Waals surface area contributed by atoms with Crippen LogP contribution in [0.5, 0.6) is 0 Å². The summed E-state index contributed by atoms with van der Waals surface area (Å²) in [6.07, 6.45) is 4.52. The van der Waals surface area contributed by atoms with Gasteiger partial charge in [0.1, 0.15) is 17.5 Å². The minimum absolute atomic E-state index is 0.0215. The molecule has 4 aromatic rings. The Morgan fingerprint density at radius 2 is 1.74 bits per heavy atom. The van der Waals surface area contributed by atoms with Crippen molar-refractivity contribution in [3.63, 3.8) is 0 Å². The first-order chi connectivity index (χ1) is 18.2. The lowest BCUT2D eigenvalue weighted by Crippen LogP contribution is -2.35. The zero-order valence-corrected chi connectivity index (χ0v) is 20.7. The molecule has 8 heteroatoms. The van der Waals surface area contributed by atoms with Gasteiger partial charge in [0.2, 0.25) is 11.8 Å². The van der Waals surface area contributed by atoms with Crippen LogP contribution in [0, 0.1) is 11.6 Å². The number of halogens is 2. The quantitative estimate of drug-likeness (QED) is 0.384. The van der Waals surface area contributed by atoms with E-state index in [1.54, 1.807) is 19.3 Å². The van der Waals surface area contributed by atoms with Crippen LogP contribution in [-0.2, 0) is 40.9 Å². The van der Waals surface area contributed by atoms with E-state index in [9.17, 15) is 18.4 Å². The fraction of sp³-hybridized carbons (Fsp3) is 0.200. The maximum Gasteiger partial charge on any atom is 0.249 e. The van der Waals surface area contributed by atoms with E-state index in [1.165, 1.54) is 17.0 Å². The van der Waals surface area contributed by atoms with Crippen LogP contribution in [0.25, 0.3) is 10.9 Å². The smallest absolute Gasteiger partial charge is 0.249 e. The largest absolute Gasteiger partial charge is 0.330 e. The molecule has 1 spiro atoms. The molecular weight excluding hydrogens is 486 g/mol. The van der Waals surface area contributed by atoms with E-state index >= 15 is 0 Å². The molecule has 6 nitrogen and oxygen atoms in total. The van der Waals surface area contributed by atoms with E-state index in [2.05, 4.69) is 27.9 Å². The van der Waals surface area contributed by atoms with Crippen LogP contribution >= 0.6 is 0 Å². The number of hydrogen-bond donors (Lipinski definition) is 1. The van der Waals surface area contributed by atoms with Crippen LogP contribution < -0.4 is 5.32 Å². The highest BCUT2D eigenvalue weighted by atomic mass is 19.1. The number of amides is 2. The Kier molecular flexibility index (Phi) is 5.56. The highest BCUT2D eigenvalue weighted by molar-refractivity contribution is 6.06. The molecule has 1 atom stereocenters. The second-order valence-corrected chi connectivity index (χ2v) is 10.2. The number of fused-ring (bicyclic) bond motifs is 4. The molecule has 2 aromatic carbocycles. The molecule has 2 amide bonds. The molecule has 190 valence electrons. The number of benzene rings is 2. The van der Waals surface area contributed by atoms with Gasteiger partial charge in [0.15, 0.2) is 0 Å². The lowest BCUT2D eigenvalue weighted by molar-refractivity contribution is -0.128. The molecule has 2 aliphatic rings. The number of nitrogens with zero attached hydrogens (tertiary/aromatic N) is 3. The normalized spacial score (nSPS) is 17.4. The summed E-state index contributed by atoms with van der Waals surface area (Å²) in [4.78, 5) is 36.4. The van der Waals surface area contributed by atoms with Gasteiger partial charge in [-0.3, -0.25) is 14.6 Å². The molecule has 1 N–H and O–H groups in total. The maximum atomic E-state index is 13.8. The summed E-state index contributed by atoms with van der Waals surface area (Å²) in [7, 11) is 0. The van der Waals surface area contributed by atoms with Crippen LogP contribution in [0.3, 0.4) is 0 Å². The molecule has 38 heavy (non-hydrogen) atoms. The summed E-state index contributed by atoms with van der Waals surface area (Å²) in [5.41, 5.74) is 4.63. The number of rotatable bonds is 5. The molecule has 1 unspecified atom stereocenters. The summed E-state index contributed by atoms with van der Waals surface area (Å²) in [6, 6.07) is 13.1. The van der Waals surface area contributed by atoms with Crippen LogP contribution in [-0.4, -0.2) is 26.7 Å². The average Bonchev–Trinajstić information content (AvgIpc) is 3.37. The van der Waals surface area contributed by atoms with Gasteiger partial charge >= 0.3 is 0 Å². The second kappa shape index (κ2) is 8.83. The van der Waals surface area contributed by atoms with Crippen molar-refractivity contribution in [3.8, 4) is 0 Å². The first kappa shape index (κ1) is 23.9. The summed E-state index contributed by atoms with van der Waals surface area (Å²) in [5.74, 6) is -1.13. The predicted molar refractivity (Wildman–Crippen MR) is 139 cm³/mol. The number of nitrogens with one attached hydrogen (secondary N) is 1. The third-order valence-electron chi connectivity index (χ3n) is 7.36. The molecular formula is C30H24F2N4O2. The number of anilines is 1. The fourth-order valence-electron chi connectivity index (χ4n) is 5.64. The monoisotopic (exact) mass is 510 g/mol. The molecule has 1 aliphatic carbocycles. The van der Waals surface area contributed by atoms with Crippen LogP contribution in [0.1, 0.15) is 34.7 Å². The van der Waals surface area contributed by atoms with Gasteiger partial charge in [-0.25, -0.2) is 13.8 Å². The van der Waals surface area contributed by atoms with Crippen molar-refractivity contribution >= 4 is 28.5 Å². The lowest BCUT2D eigenvalue weighted by atomic mass is 9.79. The Morgan fingerprint density at radius 1 is 1.03 bits per heavy atom. The number of carbonyl (C=O) groups is 2. The van der Waals surface area contributed by atoms with Gasteiger partial charge in [0.05, 0.1) is 10.9 Å². The Bertz CT molecular complexity index is 1650. The molecule has 6 rings (SSSR count). The summed E-state index contributed by atoms with van der Waals surface area (Å²) < 4.78 is 27.5. The van der Waals surface area contributed by atoms with Crippen LogP contribution in [0.2, 0.25) is 0 Å². The Morgan fingerprint density at radius 3 is 2.47 bits per heavy atom. The van der Waals surface area contributed by atoms with Crippen molar-refractivity contribution in [2.24, 2.45) is 0 Å². The van der Waals surface area contributed by atoms with Crippen molar-refractivity contribution in [3.05, 3.63) is 113 Å². The number of pyridine rings is 2. The number of carbonyl (C=O) groups excluding carboxylic acids is 2. The van der Waals surface area contributed by atoms with Gasteiger partial charge in [-0.1, -0.05) is 12.6 Å². The van der Waals surface area contributed by atoms with E-state index < -0.39 is 17.0 Å². The first-order valence-corrected chi connectivity index (χ1v) is 12.3. The third kappa shape index (κ3) is 4.02. The van der Waals surface area contributed by atoms with Crippen molar-refractivity contribution in [2.45, 2.75) is 38.3 Å². The molecule has 0 radical (unpaired) electrons.